The highest BCUT2D eigenvalue weighted by atomic mass is 32.2. The number of benzene rings is 2. The Morgan fingerprint density at radius 2 is 1.81 bits per heavy atom. The number of sulfonamides is 1. The Hall–Kier alpha value is -2.71. The normalized spacial score (nSPS) is 11.7. The molecule has 0 atom stereocenters. The van der Waals surface area contributed by atoms with Crippen molar-refractivity contribution in [2.75, 3.05) is 6.54 Å². The van der Waals surface area contributed by atoms with Gasteiger partial charge in [0.05, 0.1) is 4.90 Å². The van der Waals surface area contributed by atoms with E-state index in [0.29, 0.717) is 13.0 Å². The van der Waals surface area contributed by atoms with Gasteiger partial charge in [0.2, 0.25) is 10.0 Å². The van der Waals surface area contributed by atoms with Gasteiger partial charge in [-0.1, -0.05) is 18.2 Å². The van der Waals surface area contributed by atoms with Crippen LogP contribution in [0.5, 0.6) is 0 Å². The maximum absolute atomic E-state index is 13.0. The Balaban J connectivity index is 1.73. The van der Waals surface area contributed by atoms with E-state index in [1.165, 1.54) is 12.1 Å². The molecule has 0 spiro atoms. The molecule has 0 radical (unpaired) electrons. The molecule has 2 aromatic carbocycles. The first-order valence-corrected chi connectivity index (χ1v) is 9.89. The number of nitrogens with zero attached hydrogens (tertiary/aromatic N) is 1. The summed E-state index contributed by atoms with van der Waals surface area (Å²) >= 11 is 0. The highest BCUT2D eigenvalue weighted by Gasteiger charge is 2.14. The zero-order valence-corrected chi connectivity index (χ0v) is 15.2. The van der Waals surface area contributed by atoms with Crippen molar-refractivity contribution >= 4 is 26.9 Å². The number of hydrogen-bond donors (Lipinski definition) is 2. The van der Waals surface area contributed by atoms with Crippen LogP contribution in [0.2, 0.25) is 0 Å². The lowest BCUT2D eigenvalue weighted by atomic mass is 10.1. The van der Waals surface area contributed by atoms with Crippen LogP contribution in [0.3, 0.4) is 0 Å². The SMILES string of the molecule is O=C(O)CCc1cn(CCNS(=O)(=O)c2ccc(F)cc2)c2ccccc12. The number of halogens is 1. The average molecular weight is 390 g/mol. The third-order valence-electron chi connectivity index (χ3n) is 4.25. The van der Waals surface area contributed by atoms with E-state index in [0.717, 1.165) is 28.6 Å². The van der Waals surface area contributed by atoms with Crippen molar-refractivity contribution in [1.29, 1.82) is 0 Å². The van der Waals surface area contributed by atoms with Gasteiger partial charge in [-0.2, -0.15) is 0 Å². The van der Waals surface area contributed by atoms with Crippen molar-refractivity contribution in [2.24, 2.45) is 0 Å². The first-order chi connectivity index (χ1) is 12.9. The predicted molar refractivity (Wildman–Crippen MR) is 99.5 cm³/mol. The van der Waals surface area contributed by atoms with Gasteiger partial charge in [-0.15, -0.1) is 0 Å². The van der Waals surface area contributed by atoms with Crippen molar-refractivity contribution in [3.05, 3.63) is 66.1 Å². The molecule has 0 aliphatic rings. The first-order valence-electron chi connectivity index (χ1n) is 8.40. The van der Waals surface area contributed by atoms with E-state index in [9.17, 15) is 17.6 Å². The number of rotatable bonds is 8. The van der Waals surface area contributed by atoms with Gasteiger partial charge in [0.1, 0.15) is 5.82 Å². The minimum absolute atomic E-state index is 0.00316. The van der Waals surface area contributed by atoms with Crippen LogP contribution in [0, 0.1) is 5.82 Å². The molecule has 0 bridgehead atoms. The summed E-state index contributed by atoms with van der Waals surface area (Å²) in [4.78, 5) is 10.8. The van der Waals surface area contributed by atoms with Crippen LogP contribution in [-0.2, 0) is 27.8 Å². The Morgan fingerprint density at radius 3 is 2.52 bits per heavy atom. The number of aliphatic carboxylic acids is 1. The van der Waals surface area contributed by atoms with Gasteiger partial charge in [0.15, 0.2) is 0 Å². The molecule has 2 N–H and O–H groups in total. The summed E-state index contributed by atoms with van der Waals surface area (Å²) in [5.74, 6) is -1.36. The maximum Gasteiger partial charge on any atom is 0.303 e. The Labute approximate surface area is 156 Å². The summed E-state index contributed by atoms with van der Waals surface area (Å²) in [5.41, 5.74) is 1.83. The van der Waals surface area contributed by atoms with Crippen molar-refractivity contribution in [3.8, 4) is 0 Å². The summed E-state index contributed by atoms with van der Waals surface area (Å²) in [7, 11) is -3.72. The van der Waals surface area contributed by atoms with E-state index < -0.39 is 21.8 Å². The monoisotopic (exact) mass is 390 g/mol. The molecule has 1 heterocycles. The van der Waals surface area contributed by atoms with Crippen molar-refractivity contribution in [1.82, 2.24) is 9.29 Å². The molecule has 0 fully saturated rings. The molecule has 0 aliphatic carbocycles. The third-order valence-corrected chi connectivity index (χ3v) is 5.72. The summed E-state index contributed by atoms with van der Waals surface area (Å²) < 4.78 is 41.9. The standard InChI is InChI=1S/C19H19FN2O4S/c20-15-6-8-16(9-7-15)27(25,26)21-11-12-22-13-14(5-10-19(23)24)17-3-1-2-4-18(17)22/h1-4,6-9,13,21H,5,10-12H2,(H,23,24). The quantitative estimate of drug-likeness (QED) is 0.619. The molecular weight excluding hydrogens is 371 g/mol. The van der Waals surface area contributed by atoms with Crippen LogP contribution in [0.15, 0.2) is 59.6 Å². The molecule has 3 aromatic rings. The molecule has 0 amide bonds. The van der Waals surface area contributed by atoms with E-state index in [-0.39, 0.29) is 17.9 Å². The average Bonchev–Trinajstić information content (AvgIpc) is 2.98. The summed E-state index contributed by atoms with van der Waals surface area (Å²) in [6.07, 6.45) is 2.30. The van der Waals surface area contributed by atoms with Crippen molar-refractivity contribution in [2.45, 2.75) is 24.3 Å². The fourth-order valence-corrected chi connectivity index (χ4v) is 3.97. The van der Waals surface area contributed by atoms with E-state index >= 15 is 0 Å². The number of carbonyl (C=O) groups is 1. The molecule has 0 unspecified atom stereocenters. The lowest BCUT2D eigenvalue weighted by Gasteiger charge is -2.08. The van der Waals surface area contributed by atoms with Crippen LogP contribution in [-0.4, -0.2) is 30.6 Å². The van der Waals surface area contributed by atoms with E-state index in [2.05, 4.69) is 4.72 Å². The van der Waals surface area contributed by atoms with Gasteiger partial charge < -0.3 is 9.67 Å². The zero-order chi connectivity index (χ0) is 19.4. The number of carboxylic acids is 1. The highest BCUT2D eigenvalue weighted by molar-refractivity contribution is 7.89. The fourth-order valence-electron chi connectivity index (χ4n) is 2.95. The predicted octanol–water partition coefficient (Wildman–Crippen LogP) is 2.78. The smallest absolute Gasteiger partial charge is 0.303 e. The summed E-state index contributed by atoms with van der Waals surface area (Å²) in [6.45, 7) is 0.533. The van der Waals surface area contributed by atoms with Crippen LogP contribution >= 0.6 is 0 Å². The number of aromatic nitrogens is 1. The lowest BCUT2D eigenvalue weighted by Crippen LogP contribution is -2.27. The van der Waals surface area contributed by atoms with Crippen molar-refractivity contribution < 1.29 is 22.7 Å². The van der Waals surface area contributed by atoms with E-state index in [1.54, 1.807) is 0 Å². The molecule has 0 saturated carbocycles. The third kappa shape index (κ3) is 4.53. The Morgan fingerprint density at radius 1 is 1.11 bits per heavy atom. The highest BCUT2D eigenvalue weighted by Crippen LogP contribution is 2.22. The molecule has 3 rings (SSSR count). The minimum Gasteiger partial charge on any atom is -0.481 e. The molecule has 1 aromatic heterocycles. The minimum atomic E-state index is -3.72. The molecule has 142 valence electrons. The molecule has 0 aliphatic heterocycles. The van der Waals surface area contributed by atoms with Crippen molar-refractivity contribution in [3.63, 3.8) is 0 Å². The largest absolute Gasteiger partial charge is 0.481 e. The van der Waals surface area contributed by atoms with E-state index in [4.69, 9.17) is 5.11 Å². The molecular formula is C19H19FN2O4S. The topological polar surface area (TPSA) is 88.4 Å². The number of aryl methyl sites for hydroxylation is 1. The number of hydrogen-bond acceptors (Lipinski definition) is 3. The summed E-state index contributed by atoms with van der Waals surface area (Å²) in [5, 5.41) is 9.86. The van der Waals surface area contributed by atoms with Gasteiger partial charge in [-0.25, -0.2) is 17.5 Å². The van der Waals surface area contributed by atoms with Crippen LogP contribution in [0.25, 0.3) is 10.9 Å². The molecule has 6 nitrogen and oxygen atoms in total. The van der Waals surface area contributed by atoms with Gasteiger partial charge in [0.25, 0.3) is 0 Å². The molecule has 0 saturated heterocycles. The van der Waals surface area contributed by atoms with Gasteiger partial charge in [-0.05, 0) is 42.3 Å². The number of fused-ring (bicyclic) bond motifs is 1. The Kier molecular flexibility index (Phi) is 5.57. The molecule has 8 heteroatoms. The van der Waals surface area contributed by atoms with Crippen LogP contribution < -0.4 is 4.72 Å². The van der Waals surface area contributed by atoms with Gasteiger partial charge in [-0.3, -0.25) is 4.79 Å². The second kappa shape index (κ2) is 7.89. The number of para-hydroxylation sites is 1. The lowest BCUT2D eigenvalue weighted by molar-refractivity contribution is -0.136. The fraction of sp³-hybridized carbons (Fsp3) is 0.211. The van der Waals surface area contributed by atoms with Crippen LogP contribution in [0.4, 0.5) is 4.39 Å². The zero-order valence-electron chi connectivity index (χ0n) is 14.4. The first kappa shape index (κ1) is 19.1. The second-order valence-electron chi connectivity index (χ2n) is 6.11. The van der Waals surface area contributed by atoms with E-state index in [1.807, 2.05) is 35.0 Å². The van der Waals surface area contributed by atoms with Gasteiger partial charge in [0, 0.05) is 36.6 Å². The number of carboxylic acid groups (broad SMARTS) is 1. The Bertz CT molecular complexity index is 1060. The van der Waals surface area contributed by atoms with Crippen LogP contribution in [0.1, 0.15) is 12.0 Å². The molecule has 27 heavy (non-hydrogen) atoms. The number of nitrogens with one attached hydrogen (secondary N) is 1. The van der Waals surface area contributed by atoms with Gasteiger partial charge >= 0.3 is 5.97 Å². The maximum atomic E-state index is 13.0. The summed E-state index contributed by atoms with van der Waals surface area (Å²) in [6, 6.07) is 12.2. The second-order valence-corrected chi connectivity index (χ2v) is 7.88.